The standard InChI is InChI=1S/C16H20N4O3/c1-10-6-14(18-17-10)16(22)19-4-5-20(11(2)8-19)15(21)13-7-12(3)23-9-13/h6-7,9,11H,4-5,8H2,1-3H3,(H,17,18)/t11-/m1/s1. The molecule has 0 bridgehead atoms. The van der Waals surface area contributed by atoms with E-state index >= 15 is 0 Å². The molecule has 1 aliphatic rings. The molecule has 1 atom stereocenters. The fraction of sp³-hybridized carbons (Fsp3) is 0.438. The van der Waals surface area contributed by atoms with Crippen LogP contribution in [0.5, 0.6) is 0 Å². The molecular weight excluding hydrogens is 296 g/mol. The molecule has 1 N–H and O–H groups in total. The van der Waals surface area contributed by atoms with Crippen molar-refractivity contribution in [2.45, 2.75) is 26.8 Å². The lowest BCUT2D eigenvalue weighted by atomic mass is 10.1. The first-order chi connectivity index (χ1) is 11.0. The van der Waals surface area contributed by atoms with Crippen LogP contribution in [-0.2, 0) is 0 Å². The van der Waals surface area contributed by atoms with Crippen molar-refractivity contribution in [3.8, 4) is 0 Å². The van der Waals surface area contributed by atoms with E-state index in [2.05, 4.69) is 10.2 Å². The van der Waals surface area contributed by atoms with Gasteiger partial charge in [0.1, 0.15) is 17.7 Å². The Morgan fingerprint density at radius 3 is 2.61 bits per heavy atom. The maximum Gasteiger partial charge on any atom is 0.274 e. The predicted molar refractivity (Wildman–Crippen MR) is 83.2 cm³/mol. The Hall–Kier alpha value is -2.57. The van der Waals surface area contributed by atoms with Crippen molar-refractivity contribution in [3.63, 3.8) is 0 Å². The Morgan fingerprint density at radius 1 is 1.26 bits per heavy atom. The Kier molecular flexibility index (Phi) is 3.94. The summed E-state index contributed by atoms with van der Waals surface area (Å²) >= 11 is 0. The molecule has 3 rings (SSSR count). The van der Waals surface area contributed by atoms with Gasteiger partial charge in [-0.05, 0) is 32.9 Å². The zero-order chi connectivity index (χ0) is 16.6. The first-order valence-corrected chi connectivity index (χ1v) is 7.63. The number of rotatable bonds is 2. The minimum Gasteiger partial charge on any atom is -0.469 e. The Morgan fingerprint density at radius 2 is 2.04 bits per heavy atom. The fourth-order valence-electron chi connectivity index (χ4n) is 2.85. The van der Waals surface area contributed by atoms with Crippen LogP contribution in [0.3, 0.4) is 0 Å². The van der Waals surface area contributed by atoms with Crippen molar-refractivity contribution in [2.24, 2.45) is 0 Å². The molecule has 1 aliphatic heterocycles. The maximum atomic E-state index is 12.5. The number of furan rings is 1. The van der Waals surface area contributed by atoms with Gasteiger partial charge >= 0.3 is 0 Å². The third-order valence-corrected chi connectivity index (χ3v) is 4.08. The highest BCUT2D eigenvalue weighted by molar-refractivity contribution is 5.95. The molecule has 0 spiro atoms. The highest BCUT2D eigenvalue weighted by Crippen LogP contribution is 2.17. The number of carbonyl (C=O) groups is 2. The van der Waals surface area contributed by atoms with Crippen molar-refractivity contribution in [1.82, 2.24) is 20.0 Å². The van der Waals surface area contributed by atoms with Crippen LogP contribution >= 0.6 is 0 Å². The molecule has 0 unspecified atom stereocenters. The summed E-state index contributed by atoms with van der Waals surface area (Å²) in [5, 5.41) is 6.79. The van der Waals surface area contributed by atoms with Crippen LogP contribution in [-0.4, -0.2) is 57.5 Å². The van der Waals surface area contributed by atoms with Gasteiger partial charge in [-0.3, -0.25) is 14.7 Å². The summed E-state index contributed by atoms with van der Waals surface area (Å²) in [5.74, 6) is 0.549. The summed E-state index contributed by atoms with van der Waals surface area (Å²) in [4.78, 5) is 28.5. The molecule has 0 saturated carbocycles. The molecule has 0 radical (unpaired) electrons. The van der Waals surface area contributed by atoms with Crippen LogP contribution in [0, 0.1) is 13.8 Å². The van der Waals surface area contributed by atoms with Gasteiger partial charge in [0.25, 0.3) is 11.8 Å². The summed E-state index contributed by atoms with van der Waals surface area (Å²) < 4.78 is 5.21. The van der Waals surface area contributed by atoms with E-state index in [0.717, 1.165) is 5.69 Å². The Bertz CT molecular complexity index is 733. The number of nitrogens with one attached hydrogen (secondary N) is 1. The van der Waals surface area contributed by atoms with Crippen molar-refractivity contribution in [2.75, 3.05) is 19.6 Å². The van der Waals surface area contributed by atoms with Gasteiger partial charge < -0.3 is 14.2 Å². The van der Waals surface area contributed by atoms with Crippen LogP contribution in [0.15, 0.2) is 22.8 Å². The monoisotopic (exact) mass is 316 g/mol. The average Bonchev–Trinajstić information content (AvgIpc) is 3.14. The maximum absolute atomic E-state index is 12.5. The molecule has 23 heavy (non-hydrogen) atoms. The van der Waals surface area contributed by atoms with Gasteiger partial charge in [0.2, 0.25) is 0 Å². The summed E-state index contributed by atoms with van der Waals surface area (Å²) in [5.41, 5.74) is 1.82. The van der Waals surface area contributed by atoms with Gasteiger partial charge in [-0.2, -0.15) is 5.10 Å². The smallest absolute Gasteiger partial charge is 0.274 e. The van der Waals surface area contributed by atoms with Crippen molar-refractivity contribution in [3.05, 3.63) is 41.1 Å². The van der Waals surface area contributed by atoms with Crippen LogP contribution in [0.25, 0.3) is 0 Å². The fourth-order valence-corrected chi connectivity index (χ4v) is 2.85. The van der Waals surface area contributed by atoms with Crippen molar-refractivity contribution >= 4 is 11.8 Å². The van der Waals surface area contributed by atoms with E-state index in [9.17, 15) is 9.59 Å². The summed E-state index contributed by atoms with van der Waals surface area (Å²) in [6.07, 6.45) is 1.48. The minimum atomic E-state index is -0.104. The largest absolute Gasteiger partial charge is 0.469 e. The first kappa shape index (κ1) is 15.3. The molecule has 0 aliphatic carbocycles. The first-order valence-electron chi connectivity index (χ1n) is 7.63. The number of aromatic nitrogens is 2. The van der Waals surface area contributed by atoms with Gasteiger partial charge in [-0.15, -0.1) is 0 Å². The van der Waals surface area contributed by atoms with Crippen LogP contribution < -0.4 is 0 Å². The molecule has 2 aromatic heterocycles. The summed E-state index contributed by atoms with van der Waals surface area (Å²) in [7, 11) is 0. The quantitative estimate of drug-likeness (QED) is 0.912. The minimum absolute atomic E-state index is 0.0583. The molecule has 0 aromatic carbocycles. The molecule has 1 saturated heterocycles. The van der Waals surface area contributed by atoms with Gasteiger partial charge in [0.05, 0.1) is 5.56 Å². The lowest BCUT2D eigenvalue weighted by Crippen LogP contribution is -2.55. The normalized spacial score (nSPS) is 18.3. The summed E-state index contributed by atoms with van der Waals surface area (Å²) in [6.45, 7) is 7.10. The number of piperazine rings is 1. The van der Waals surface area contributed by atoms with E-state index in [1.165, 1.54) is 6.26 Å². The van der Waals surface area contributed by atoms with E-state index in [1.807, 2.05) is 20.8 Å². The zero-order valence-corrected chi connectivity index (χ0v) is 13.5. The van der Waals surface area contributed by atoms with Gasteiger partial charge in [-0.1, -0.05) is 0 Å². The average molecular weight is 316 g/mol. The number of carbonyl (C=O) groups excluding carboxylic acids is 2. The molecule has 3 heterocycles. The lowest BCUT2D eigenvalue weighted by molar-refractivity contribution is 0.0411. The van der Waals surface area contributed by atoms with Gasteiger partial charge in [0, 0.05) is 31.4 Å². The SMILES string of the molecule is Cc1cc(C(=O)N2CCN(C(=O)c3coc(C)c3)[C@H](C)C2)n[nH]1. The zero-order valence-electron chi connectivity index (χ0n) is 13.5. The van der Waals surface area contributed by atoms with E-state index in [1.54, 1.807) is 21.9 Å². The number of amides is 2. The number of H-pyrrole nitrogens is 1. The van der Waals surface area contributed by atoms with Crippen LogP contribution in [0.2, 0.25) is 0 Å². The third kappa shape index (κ3) is 2.99. The molecule has 2 aromatic rings. The predicted octanol–water partition coefficient (Wildman–Crippen LogP) is 1.61. The van der Waals surface area contributed by atoms with Gasteiger partial charge in [-0.25, -0.2) is 0 Å². The summed E-state index contributed by atoms with van der Waals surface area (Å²) in [6, 6.07) is 3.41. The van der Waals surface area contributed by atoms with E-state index in [4.69, 9.17) is 4.42 Å². The lowest BCUT2D eigenvalue weighted by Gasteiger charge is -2.39. The second-order valence-corrected chi connectivity index (χ2v) is 5.98. The number of hydrogen-bond donors (Lipinski definition) is 1. The second kappa shape index (κ2) is 5.91. The topological polar surface area (TPSA) is 82.4 Å². The molecular formula is C16H20N4O3. The molecule has 2 amide bonds. The number of aryl methyl sites for hydroxylation is 2. The van der Waals surface area contributed by atoms with Crippen molar-refractivity contribution in [1.29, 1.82) is 0 Å². The van der Waals surface area contributed by atoms with E-state index < -0.39 is 0 Å². The Labute approximate surface area is 134 Å². The van der Waals surface area contributed by atoms with Gasteiger partial charge in [0.15, 0.2) is 0 Å². The number of hydrogen-bond acceptors (Lipinski definition) is 4. The second-order valence-electron chi connectivity index (χ2n) is 5.98. The molecule has 7 heteroatoms. The highest BCUT2D eigenvalue weighted by Gasteiger charge is 2.31. The van der Waals surface area contributed by atoms with Crippen LogP contribution in [0.4, 0.5) is 0 Å². The van der Waals surface area contributed by atoms with Crippen LogP contribution in [0.1, 0.15) is 39.2 Å². The number of nitrogens with zero attached hydrogens (tertiary/aromatic N) is 3. The third-order valence-electron chi connectivity index (χ3n) is 4.08. The highest BCUT2D eigenvalue weighted by atomic mass is 16.3. The van der Waals surface area contributed by atoms with Crippen molar-refractivity contribution < 1.29 is 14.0 Å². The van der Waals surface area contributed by atoms with E-state index in [-0.39, 0.29) is 17.9 Å². The number of aromatic amines is 1. The van der Waals surface area contributed by atoms with E-state index in [0.29, 0.717) is 36.7 Å². The Balaban J connectivity index is 1.67. The molecule has 122 valence electrons. The molecule has 7 nitrogen and oxygen atoms in total. The molecule has 1 fully saturated rings.